The minimum Gasteiger partial charge on any atom is -0.267 e. The van der Waals surface area contributed by atoms with Crippen molar-refractivity contribution in [3.63, 3.8) is 0 Å². The van der Waals surface area contributed by atoms with Gasteiger partial charge in [0.1, 0.15) is 0 Å². The van der Waals surface area contributed by atoms with Gasteiger partial charge in [0.05, 0.1) is 12.4 Å². The molecule has 1 saturated carbocycles. The topological polar surface area (TPSA) is 43.4 Å². The molecule has 0 aromatic carbocycles. The zero-order chi connectivity index (χ0) is 7.07. The molecule has 0 saturated heterocycles. The molecule has 0 bridgehead atoms. The van der Waals surface area contributed by atoms with Crippen LogP contribution < -0.4 is 0 Å². The second kappa shape index (κ2) is 1.95. The van der Waals surface area contributed by atoms with Crippen LogP contribution in [0.15, 0.2) is 0 Å². The summed E-state index contributed by atoms with van der Waals surface area (Å²) in [6.07, 6.45) is 1.94. The van der Waals surface area contributed by atoms with E-state index in [0.717, 1.165) is 12.7 Å². The lowest BCUT2D eigenvalue weighted by atomic mass is 10.5. The molecule has 54 valence electrons. The fourth-order valence-corrected chi connectivity index (χ4v) is 1.36. The van der Waals surface area contributed by atoms with Crippen molar-refractivity contribution < 1.29 is 12.6 Å². The van der Waals surface area contributed by atoms with Crippen LogP contribution >= 0.6 is 0 Å². The molecule has 4 heteroatoms. The summed E-state index contributed by atoms with van der Waals surface area (Å²) < 4.78 is 25.4. The van der Waals surface area contributed by atoms with Gasteiger partial charge in [-0.25, -0.2) is 0 Å². The van der Waals surface area contributed by atoms with E-state index in [1.807, 2.05) is 6.92 Å². The highest BCUT2D eigenvalue weighted by Gasteiger charge is 2.36. The van der Waals surface area contributed by atoms with Crippen LogP contribution in [-0.2, 0) is 14.3 Å². The minimum atomic E-state index is -3.19. The molecule has 3 nitrogen and oxygen atoms in total. The van der Waals surface area contributed by atoms with Gasteiger partial charge in [-0.05, 0) is 12.3 Å². The maximum Gasteiger partial charge on any atom is 0.264 e. The van der Waals surface area contributed by atoms with Crippen molar-refractivity contribution in [1.82, 2.24) is 0 Å². The highest BCUT2D eigenvalue weighted by molar-refractivity contribution is 7.86. The Hall–Kier alpha value is -0.0900. The predicted molar refractivity (Wildman–Crippen MR) is 33.5 cm³/mol. The van der Waals surface area contributed by atoms with Crippen molar-refractivity contribution in [2.75, 3.05) is 6.26 Å². The first-order valence-corrected chi connectivity index (χ1v) is 4.69. The zero-order valence-corrected chi connectivity index (χ0v) is 6.31. The molecule has 0 unspecified atom stereocenters. The van der Waals surface area contributed by atoms with Gasteiger partial charge in [-0.15, -0.1) is 0 Å². The standard InChI is InChI=1S/C5H10O3S/c1-4-3-5(4)8-9(2,6)7/h4-5H,3H2,1-2H3/t4-,5-/m1/s1. The van der Waals surface area contributed by atoms with Crippen molar-refractivity contribution in [1.29, 1.82) is 0 Å². The third kappa shape index (κ3) is 2.32. The Morgan fingerprint density at radius 2 is 2.00 bits per heavy atom. The summed E-state index contributed by atoms with van der Waals surface area (Å²) in [7, 11) is -3.19. The Balaban J connectivity index is 2.37. The molecule has 0 radical (unpaired) electrons. The summed E-state index contributed by atoms with van der Waals surface area (Å²) in [5.41, 5.74) is 0. The monoisotopic (exact) mass is 150 g/mol. The summed E-state index contributed by atoms with van der Waals surface area (Å²) in [4.78, 5) is 0. The summed E-state index contributed by atoms with van der Waals surface area (Å²) >= 11 is 0. The normalized spacial score (nSPS) is 34.4. The van der Waals surface area contributed by atoms with Gasteiger partial charge in [-0.3, -0.25) is 4.18 Å². The quantitative estimate of drug-likeness (QED) is 0.534. The third-order valence-electron chi connectivity index (χ3n) is 1.33. The van der Waals surface area contributed by atoms with Gasteiger partial charge in [-0.2, -0.15) is 8.42 Å². The third-order valence-corrected chi connectivity index (χ3v) is 1.93. The summed E-state index contributed by atoms with van der Waals surface area (Å²) in [6, 6.07) is 0. The Morgan fingerprint density at radius 3 is 2.11 bits per heavy atom. The molecule has 0 aromatic heterocycles. The van der Waals surface area contributed by atoms with Crippen LogP contribution in [0.25, 0.3) is 0 Å². The first-order valence-electron chi connectivity index (χ1n) is 2.87. The van der Waals surface area contributed by atoms with Crippen LogP contribution in [-0.4, -0.2) is 20.8 Å². The van der Waals surface area contributed by atoms with Crippen molar-refractivity contribution in [3.05, 3.63) is 0 Å². The van der Waals surface area contributed by atoms with E-state index >= 15 is 0 Å². The summed E-state index contributed by atoms with van der Waals surface area (Å²) in [5, 5.41) is 0. The molecule has 1 aliphatic carbocycles. The molecule has 2 atom stereocenters. The lowest BCUT2D eigenvalue weighted by Gasteiger charge is -1.95. The fourth-order valence-electron chi connectivity index (χ4n) is 0.646. The molecule has 9 heavy (non-hydrogen) atoms. The lowest BCUT2D eigenvalue weighted by Crippen LogP contribution is -2.05. The Morgan fingerprint density at radius 1 is 1.56 bits per heavy atom. The van der Waals surface area contributed by atoms with Gasteiger partial charge in [0.15, 0.2) is 0 Å². The first-order chi connectivity index (χ1) is 3.99. The maximum atomic E-state index is 10.4. The van der Waals surface area contributed by atoms with Crippen molar-refractivity contribution in [3.8, 4) is 0 Å². The van der Waals surface area contributed by atoms with E-state index in [4.69, 9.17) is 0 Å². The highest BCUT2D eigenvalue weighted by Crippen LogP contribution is 2.33. The van der Waals surface area contributed by atoms with Crippen LogP contribution in [0.1, 0.15) is 13.3 Å². The van der Waals surface area contributed by atoms with Gasteiger partial charge >= 0.3 is 0 Å². The first kappa shape index (κ1) is 7.02. The van der Waals surface area contributed by atoms with Crippen LogP contribution in [0.5, 0.6) is 0 Å². The van der Waals surface area contributed by atoms with Gasteiger partial charge in [-0.1, -0.05) is 6.92 Å². The molecule has 0 N–H and O–H groups in total. The van der Waals surface area contributed by atoms with Crippen LogP contribution in [0, 0.1) is 5.92 Å². The summed E-state index contributed by atoms with van der Waals surface area (Å²) in [5.74, 6) is 0.430. The number of hydrogen-bond donors (Lipinski definition) is 0. The summed E-state index contributed by atoms with van der Waals surface area (Å²) in [6.45, 7) is 1.97. The predicted octanol–water partition coefficient (Wildman–Crippen LogP) is 0.371. The molecule has 0 aliphatic heterocycles. The van der Waals surface area contributed by atoms with Gasteiger partial charge < -0.3 is 0 Å². The Labute approximate surface area is 55.1 Å². The molecular formula is C5H10O3S. The van der Waals surface area contributed by atoms with E-state index < -0.39 is 10.1 Å². The van der Waals surface area contributed by atoms with E-state index in [1.54, 1.807) is 0 Å². The number of rotatable bonds is 2. The van der Waals surface area contributed by atoms with E-state index in [-0.39, 0.29) is 6.10 Å². The molecule has 1 fully saturated rings. The average Bonchev–Trinajstić information content (AvgIpc) is 2.13. The average molecular weight is 150 g/mol. The molecular weight excluding hydrogens is 140 g/mol. The minimum absolute atomic E-state index is 0.0278. The number of hydrogen-bond acceptors (Lipinski definition) is 3. The highest BCUT2D eigenvalue weighted by atomic mass is 32.2. The van der Waals surface area contributed by atoms with Crippen LogP contribution in [0.3, 0.4) is 0 Å². The van der Waals surface area contributed by atoms with E-state index in [9.17, 15) is 8.42 Å². The Bertz CT molecular complexity index is 194. The van der Waals surface area contributed by atoms with Crippen LogP contribution in [0.4, 0.5) is 0 Å². The van der Waals surface area contributed by atoms with E-state index in [2.05, 4.69) is 4.18 Å². The van der Waals surface area contributed by atoms with Gasteiger partial charge in [0.25, 0.3) is 10.1 Å². The van der Waals surface area contributed by atoms with E-state index in [0.29, 0.717) is 5.92 Å². The fraction of sp³-hybridized carbons (Fsp3) is 1.00. The molecule has 1 rings (SSSR count). The SMILES string of the molecule is C[C@@H]1C[C@H]1OS(C)(=O)=O. The lowest BCUT2D eigenvalue weighted by molar-refractivity contribution is 0.295. The zero-order valence-electron chi connectivity index (χ0n) is 5.49. The van der Waals surface area contributed by atoms with Crippen molar-refractivity contribution >= 4 is 10.1 Å². The second-order valence-electron chi connectivity index (χ2n) is 2.55. The van der Waals surface area contributed by atoms with Gasteiger partial charge in [0, 0.05) is 0 Å². The molecule has 0 spiro atoms. The largest absolute Gasteiger partial charge is 0.267 e. The van der Waals surface area contributed by atoms with Crippen LogP contribution in [0.2, 0.25) is 0 Å². The second-order valence-corrected chi connectivity index (χ2v) is 4.15. The van der Waals surface area contributed by atoms with Gasteiger partial charge in [0.2, 0.25) is 0 Å². The van der Waals surface area contributed by atoms with Crippen molar-refractivity contribution in [2.45, 2.75) is 19.4 Å². The maximum absolute atomic E-state index is 10.4. The molecule has 0 amide bonds. The molecule has 0 heterocycles. The molecule has 1 aliphatic rings. The van der Waals surface area contributed by atoms with Crippen molar-refractivity contribution in [2.24, 2.45) is 5.92 Å². The molecule has 0 aromatic rings. The van der Waals surface area contributed by atoms with E-state index in [1.165, 1.54) is 0 Å². The smallest absolute Gasteiger partial charge is 0.264 e. The Kier molecular flexibility index (Phi) is 1.52.